The van der Waals surface area contributed by atoms with Gasteiger partial charge in [0.25, 0.3) is 0 Å². The Kier molecular flexibility index (Phi) is 3.72. The second kappa shape index (κ2) is 5.09. The summed E-state index contributed by atoms with van der Waals surface area (Å²) in [4.78, 5) is 0. The number of aromatic hydroxyl groups is 1. The predicted octanol–water partition coefficient (Wildman–Crippen LogP) is 3.51. The summed E-state index contributed by atoms with van der Waals surface area (Å²) in [6.45, 7) is 5.13. The number of benzene rings is 1. The molecule has 2 N–H and O–H groups in total. The Morgan fingerprint density at radius 3 is 2.65 bits per heavy atom. The molecule has 0 amide bonds. The van der Waals surface area contributed by atoms with Gasteiger partial charge in [0.15, 0.2) is 0 Å². The largest absolute Gasteiger partial charge is 0.508 e. The van der Waals surface area contributed by atoms with Crippen molar-refractivity contribution in [3.63, 3.8) is 0 Å². The molecule has 0 heterocycles. The molecule has 94 valence electrons. The zero-order valence-corrected chi connectivity index (χ0v) is 10.9. The fraction of sp³-hybridized carbons (Fsp3) is 0.600. The van der Waals surface area contributed by atoms with Crippen molar-refractivity contribution in [3.05, 3.63) is 29.3 Å². The SMILES string of the molecule is Cc1ccc(O)c(CNC2(C)CCCCC2)c1. The summed E-state index contributed by atoms with van der Waals surface area (Å²) in [6.07, 6.45) is 6.51. The van der Waals surface area contributed by atoms with Crippen LogP contribution < -0.4 is 5.32 Å². The van der Waals surface area contributed by atoms with Crippen molar-refractivity contribution in [1.29, 1.82) is 0 Å². The van der Waals surface area contributed by atoms with E-state index < -0.39 is 0 Å². The highest BCUT2D eigenvalue weighted by molar-refractivity contribution is 5.35. The van der Waals surface area contributed by atoms with Crippen molar-refractivity contribution in [3.8, 4) is 5.75 Å². The molecule has 2 nitrogen and oxygen atoms in total. The molecule has 0 atom stereocenters. The van der Waals surface area contributed by atoms with Gasteiger partial charge in [-0.1, -0.05) is 37.0 Å². The van der Waals surface area contributed by atoms with Crippen LogP contribution in [0.1, 0.15) is 50.2 Å². The topological polar surface area (TPSA) is 32.3 Å². The lowest BCUT2D eigenvalue weighted by molar-refractivity contribution is 0.251. The first-order chi connectivity index (χ1) is 8.09. The molecule has 1 aliphatic rings. The summed E-state index contributed by atoms with van der Waals surface area (Å²) in [6, 6.07) is 5.80. The Bertz CT molecular complexity index is 381. The maximum Gasteiger partial charge on any atom is 0.120 e. The summed E-state index contributed by atoms with van der Waals surface area (Å²) in [5, 5.41) is 13.4. The minimum atomic E-state index is 0.258. The molecule has 0 spiro atoms. The number of phenols is 1. The highest BCUT2D eigenvalue weighted by atomic mass is 16.3. The van der Waals surface area contributed by atoms with Crippen LogP contribution in [0.15, 0.2) is 18.2 Å². The van der Waals surface area contributed by atoms with Gasteiger partial charge in [-0.3, -0.25) is 0 Å². The van der Waals surface area contributed by atoms with Gasteiger partial charge in [-0.25, -0.2) is 0 Å². The van der Waals surface area contributed by atoms with Crippen LogP contribution in [0.3, 0.4) is 0 Å². The van der Waals surface area contributed by atoms with Crippen LogP contribution in [0, 0.1) is 6.92 Å². The number of phenolic OH excluding ortho intramolecular Hbond substituents is 1. The van der Waals surface area contributed by atoms with E-state index in [1.165, 1.54) is 37.7 Å². The van der Waals surface area contributed by atoms with Gasteiger partial charge in [0.1, 0.15) is 5.75 Å². The van der Waals surface area contributed by atoms with Gasteiger partial charge in [-0.05, 0) is 32.8 Å². The Morgan fingerprint density at radius 2 is 1.94 bits per heavy atom. The summed E-state index contributed by atoms with van der Waals surface area (Å²) < 4.78 is 0. The van der Waals surface area contributed by atoms with Crippen molar-refractivity contribution in [1.82, 2.24) is 5.32 Å². The van der Waals surface area contributed by atoms with Crippen LogP contribution in [0.25, 0.3) is 0 Å². The van der Waals surface area contributed by atoms with E-state index in [1.807, 2.05) is 6.07 Å². The molecule has 1 aliphatic carbocycles. The lowest BCUT2D eigenvalue weighted by Crippen LogP contribution is -2.43. The van der Waals surface area contributed by atoms with Gasteiger partial charge in [0.05, 0.1) is 0 Å². The molecule has 2 rings (SSSR count). The van der Waals surface area contributed by atoms with Crippen molar-refractivity contribution in [2.24, 2.45) is 0 Å². The Balaban J connectivity index is 1.99. The second-order valence-electron chi connectivity index (χ2n) is 5.61. The Morgan fingerprint density at radius 1 is 1.24 bits per heavy atom. The highest BCUT2D eigenvalue weighted by Gasteiger charge is 2.25. The molecule has 2 heteroatoms. The minimum absolute atomic E-state index is 0.258. The lowest BCUT2D eigenvalue weighted by Gasteiger charge is -2.35. The van der Waals surface area contributed by atoms with Crippen LogP contribution >= 0.6 is 0 Å². The van der Waals surface area contributed by atoms with Crippen molar-refractivity contribution in [2.45, 2.75) is 58.0 Å². The molecule has 0 saturated heterocycles. The van der Waals surface area contributed by atoms with Gasteiger partial charge in [0.2, 0.25) is 0 Å². The van der Waals surface area contributed by atoms with Crippen molar-refractivity contribution in [2.75, 3.05) is 0 Å². The molecule has 0 radical (unpaired) electrons. The first-order valence-corrected chi connectivity index (χ1v) is 6.63. The fourth-order valence-corrected chi connectivity index (χ4v) is 2.67. The molecule has 1 aromatic carbocycles. The number of rotatable bonds is 3. The minimum Gasteiger partial charge on any atom is -0.508 e. The summed E-state index contributed by atoms with van der Waals surface area (Å²) >= 11 is 0. The zero-order chi connectivity index (χ0) is 12.3. The first-order valence-electron chi connectivity index (χ1n) is 6.63. The van der Waals surface area contributed by atoms with Gasteiger partial charge >= 0.3 is 0 Å². The van der Waals surface area contributed by atoms with Gasteiger partial charge in [0, 0.05) is 17.6 Å². The zero-order valence-electron chi connectivity index (χ0n) is 10.9. The van der Waals surface area contributed by atoms with Crippen LogP contribution in [-0.4, -0.2) is 10.6 Å². The number of hydrogen-bond donors (Lipinski definition) is 2. The molecule has 0 bridgehead atoms. The number of hydrogen-bond acceptors (Lipinski definition) is 2. The molecule has 0 unspecified atom stereocenters. The third-order valence-corrected chi connectivity index (χ3v) is 3.90. The first kappa shape index (κ1) is 12.4. The molecule has 1 saturated carbocycles. The van der Waals surface area contributed by atoms with E-state index >= 15 is 0 Å². The van der Waals surface area contributed by atoms with Gasteiger partial charge in [-0.2, -0.15) is 0 Å². The number of nitrogens with one attached hydrogen (secondary N) is 1. The molecular formula is C15H23NO. The molecule has 17 heavy (non-hydrogen) atoms. The summed E-state index contributed by atoms with van der Waals surface area (Å²) in [7, 11) is 0. The molecule has 1 fully saturated rings. The lowest BCUT2D eigenvalue weighted by atomic mass is 9.83. The highest BCUT2D eigenvalue weighted by Crippen LogP contribution is 2.28. The van der Waals surface area contributed by atoms with Crippen LogP contribution in [0.4, 0.5) is 0 Å². The fourth-order valence-electron chi connectivity index (χ4n) is 2.67. The molecule has 0 aromatic heterocycles. The standard InChI is InChI=1S/C15H23NO/c1-12-6-7-14(17)13(10-12)11-16-15(2)8-4-3-5-9-15/h6-7,10,16-17H,3-5,8-9,11H2,1-2H3. The van der Waals surface area contributed by atoms with Crippen molar-refractivity contribution >= 4 is 0 Å². The van der Waals surface area contributed by atoms with Crippen LogP contribution in [0.2, 0.25) is 0 Å². The number of aryl methyl sites for hydroxylation is 1. The van der Waals surface area contributed by atoms with E-state index in [-0.39, 0.29) is 5.54 Å². The maximum atomic E-state index is 9.81. The van der Waals surface area contributed by atoms with E-state index in [1.54, 1.807) is 6.07 Å². The maximum absolute atomic E-state index is 9.81. The molecule has 1 aromatic rings. The third kappa shape index (κ3) is 3.22. The second-order valence-corrected chi connectivity index (χ2v) is 5.61. The average Bonchev–Trinajstić information content (AvgIpc) is 2.31. The van der Waals surface area contributed by atoms with E-state index in [0.717, 1.165) is 12.1 Å². The van der Waals surface area contributed by atoms with Crippen LogP contribution in [-0.2, 0) is 6.54 Å². The smallest absolute Gasteiger partial charge is 0.120 e. The van der Waals surface area contributed by atoms with E-state index in [4.69, 9.17) is 0 Å². The van der Waals surface area contributed by atoms with Crippen molar-refractivity contribution < 1.29 is 5.11 Å². The Labute approximate surface area is 104 Å². The molecular weight excluding hydrogens is 210 g/mol. The van der Waals surface area contributed by atoms with E-state index in [0.29, 0.717) is 5.75 Å². The van der Waals surface area contributed by atoms with Gasteiger partial charge in [-0.15, -0.1) is 0 Å². The monoisotopic (exact) mass is 233 g/mol. The normalized spacial score (nSPS) is 19.2. The summed E-state index contributed by atoms with van der Waals surface area (Å²) in [5.41, 5.74) is 2.47. The summed E-state index contributed by atoms with van der Waals surface area (Å²) in [5.74, 6) is 0.405. The predicted molar refractivity (Wildman–Crippen MR) is 71.2 cm³/mol. The third-order valence-electron chi connectivity index (χ3n) is 3.90. The van der Waals surface area contributed by atoms with E-state index in [2.05, 4.69) is 25.2 Å². The van der Waals surface area contributed by atoms with Crippen LogP contribution in [0.5, 0.6) is 5.75 Å². The van der Waals surface area contributed by atoms with Gasteiger partial charge < -0.3 is 10.4 Å². The quantitative estimate of drug-likeness (QED) is 0.837. The average molecular weight is 233 g/mol. The molecule has 0 aliphatic heterocycles. The van der Waals surface area contributed by atoms with E-state index in [9.17, 15) is 5.11 Å². The Hall–Kier alpha value is -1.02.